The number of benzene rings is 1. The lowest BCUT2D eigenvalue weighted by molar-refractivity contribution is -0.126. The maximum atomic E-state index is 14.6. The Balaban J connectivity index is 1.33. The molecule has 11 nitrogen and oxygen atoms in total. The van der Waals surface area contributed by atoms with E-state index in [9.17, 15) is 17.6 Å². The number of anilines is 4. The Labute approximate surface area is 263 Å². The minimum absolute atomic E-state index is 0.0502. The summed E-state index contributed by atoms with van der Waals surface area (Å²) in [6, 6.07) is 7.81. The molecule has 1 aromatic carbocycles. The third-order valence-corrected chi connectivity index (χ3v) is 10.4. The van der Waals surface area contributed by atoms with Gasteiger partial charge in [0.2, 0.25) is 11.9 Å². The number of pyridine rings is 1. The molecule has 3 aliphatic heterocycles. The lowest BCUT2D eigenvalue weighted by Crippen LogP contribution is -2.57. The molecule has 0 saturated carbocycles. The smallest absolute Gasteiger partial charge is 0.246 e. The summed E-state index contributed by atoms with van der Waals surface area (Å²) >= 11 is 0. The van der Waals surface area contributed by atoms with Crippen LogP contribution in [0, 0.1) is 5.92 Å². The minimum atomic E-state index is -3.08. The number of likely N-dealkylation sites (tertiary alicyclic amines) is 1. The van der Waals surface area contributed by atoms with Gasteiger partial charge in [-0.15, -0.1) is 0 Å². The van der Waals surface area contributed by atoms with E-state index < -0.39 is 22.1 Å². The van der Waals surface area contributed by atoms with Crippen molar-refractivity contribution in [1.82, 2.24) is 19.9 Å². The summed E-state index contributed by atoms with van der Waals surface area (Å²) < 4.78 is 43.8. The number of piperidine rings is 1. The van der Waals surface area contributed by atoms with Crippen LogP contribution in [-0.4, -0.2) is 97.8 Å². The van der Waals surface area contributed by atoms with E-state index in [2.05, 4.69) is 45.8 Å². The maximum absolute atomic E-state index is 14.6. The highest BCUT2D eigenvalue weighted by molar-refractivity contribution is 7.90. The third-order valence-electron chi connectivity index (χ3n) is 9.38. The number of halogens is 1. The van der Waals surface area contributed by atoms with Crippen molar-refractivity contribution in [3.8, 4) is 0 Å². The van der Waals surface area contributed by atoms with Crippen molar-refractivity contribution in [2.24, 2.45) is 5.92 Å². The van der Waals surface area contributed by atoms with Gasteiger partial charge in [-0.1, -0.05) is 12.6 Å². The van der Waals surface area contributed by atoms with Crippen molar-refractivity contribution in [2.75, 3.05) is 60.4 Å². The number of sulfone groups is 1. The number of hydrogen-bond donors (Lipinski definition) is 1. The van der Waals surface area contributed by atoms with Crippen LogP contribution in [0.5, 0.6) is 0 Å². The number of methoxy groups -OCH3 is 1. The van der Waals surface area contributed by atoms with Crippen LogP contribution >= 0.6 is 0 Å². The molecule has 6 rings (SSSR count). The molecule has 0 bridgehead atoms. The zero-order valence-corrected chi connectivity index (χ0v) is 26.7. The minimum Gasteiger partial charge on any atom is -0.378 e. The number of alkyl halides is 1. The molecule has 1 amide bonds. The molecule has 13 heteroatoms. The van der Waals surface area contributed by atoms with Gasteiger partial charge in [-0.25, -0.2) is 22.8 Å². The van der Waals surface area contributed by atoms with Crippen LogP contribution in [0.4, 0.5) is 27.7 Å². The highest BCUT2D eigenvalue weighted by Crippen LogP contribution is 2.42. The fraction of sp³-hybridized carbons (Fsp3) is 0.500. The van der Waals surface area contributed by atoms with Gasteiger partial charge in [0.25, 0.3) is 0 Å². The van der Waals surface area contributed by atoms with E-state index in [1.54, 1.807) is 12.3 Å². The SMILES string of the molecule is C=CC(=O)N1CCC[C@@H]1c1ccc(N2C[C@H](CS(C)(=O)=O)[C@H]2C)c2cnc(Nc3ccnc(N4CC[C@@H](OC)[C@@H](F)C4)n3)cc12. The Morgan fingerprint density at radius 3 is 2.69 bits per heavy atom. The summed E-state index contributed by atoms with van der Waals surface area (Å²) in [5.74, 6) is 1.64. The van der Waals surface area contributed by atoms with Crippen LogP contribution < -0.4 is 15.1 Å². The molecule has 5 atom stereocenters. The van der Waals surface area contributed by atoms with Gasteiger partial charge >= 0.3 is 0 Å². The van der Waals surface area contributed by atoms with Crippen LogP contribution in [0.3, 0.4) is 0 Å². The molecule has 0 aliphatic carbocycles. The molecule has 0 radical (unpaired) electrons. The number of aromatic nitrogens is 3. The standard InChI is InChI=1S/C32H40FN7O4S/c1-5-31(41)39-13-6-7-26(39)22-8-9-27(40-17-21(20(40)2)19-45(4,42)43)24-16-35-30(15-23(22)24)36-29-10-12-34-32(37-29)38-14-11-28(44-3)25(33)18-38/h5,8-10,12,15-16,20-21,25-26,28H,1,6-7,11,13-14,17-19H2,2-4H3,(H,34,35,36,37)/t20-,21-,25+,26-,28-/m1/s1. The van der Waals surface area contributed by atoms with Crippen LogP contribution in [0.25, 0.3) is 10.8 Å². The van der Waals surface area contributed by atoms with Crippen LogP contribution in [-0.2, 0) is 19.4 Å². The second-order valence-corrected chi connectivity index (χ2v) is 14.5. The van der Waals surface area contributed by atoms with Crippen LogP contribution in [0.1, 0.15) is 37.8 Å². The Morgan fingerprint density at radius 2 is 1.98 bits per heavy atom. The predicted octanol–water partition coefficient (Wildman–Crippen LogP) is 4.05. The molecule has 3 saturated heterocycles. The second kappa shape index (κ2) is 12.5. The quantitative estimate of drug-likeness (QED) is 0.344. The third kappa shape index (κ3) is 6.32. The van der Waals surface area contributed by atoms with E-state index >= 15 is 0 Å². The second-order valence-electron chi connectivity index (χ2n) is 12.3. The molecule has 0 unspecified atom stereocenters. The number of carbonyl (C=O) groups is 1. The number of fused-ring (bicyclic) bond motifs is 1. The van der Waals surface area contributed by atoms with Gasteiger partial charge in [0.05, 0.1) is 24.4 Å². The zero-order chi connectivity index (χ0) is 31.9. The summed E-state index contributed by atoms with van der Waals surface area (Å²) in [7, 11) is -1.55. The van der Waals surface area contributed by atoms with Crippen molar-refractivity contribution in [2.45, 2.75) is 50.5 Å². The van der Waals surface area contributed by atoms with Gasteiger partial charge < -0.3 is 24.8 Å². The lowest BCUT2D eigenvalue weighted by Gasteiger charge is -2.48. The van der Waals surface area contributed by atoms with Crippen molar-refractivity contribution in [3.63, 3.8) is 0 Å². The van der Waals surface area contributed by atoms with Gasteiger partial charge in [0.1, 0.15) is 27.6 Å². The van der Waals surface area contributed by atoms with Gasteiger partial charge in [-0.3, -0.25) is 4.79 Å². The van der Waals surface area contributed by atoms with Crippen molar-refractivity contribution >= 4 is 49.8 Å². The molecular formula is C32H40FN7O4S. The van der Waals surface area contributed by atoms with E-state index in [0.29, 0.717) is 43.6 Å². The first kappa shape index (κ1) is 31.2. The maximum Gasteiger partial charge on any atom is 0.246 e. The number of nitrogens with zero attached hydrogens (tertiary/aromatic N) is 6. The van der Waals surface area contributed by atoms with E-state index in [-0.39, 0.29) is 36.2 Å². The molecule has 2 aromatic heterocycles. The summed E-state index contributed by atoms with van der Waals surface area (Å²) in [5.41, 5.74) is 2.00. The van der Waals surface area contributed by atoms with Crippen molar-refractivity contribution in [1.29, 1.82) is 0 Å². The first-order valence-electron chi connectivity index (χ1n) is 15.4. The Kier molecular flexibility index (Phi) is 8.66. The first-order chi connectivity index (χ1) is 21.6. The van der Waals surface area contributed by atoms with E-state index in [0.717, 1.165) is 34.9 Å². The number of nitrogens with one attached hydrogen (secondary N) is 1. The average Bonchev–Trinajstić information content (AvgIpc) is 3.51. The molecule has 3 aliphatic rings. The lowest BCUT2D eigenvalue weighted by atomic mass is 9.89. The number of rotatable bonds is 9. The number of amides is 1. The summed E-state index contributed by atoms with van der Waals surface area (Å²) in [5, 5.41) is 5.19. The van der Waals surface area contributed by atoms with Crippen LogP contribution in [0.2, 0.25) is 0 Å². The van der Waals surface area contributed by atoms with Gasteiger partial charge in [0, 0.05) is 68.4 Å². The molecule has 0 spiro atoms. The number of carbonyl (C=O) groups excluding carboxylic acids is 1. The fourth-order valence-electron chi connectivity index (χ4n) is 6.95. The zero-order valence-electron chi connectivity index (χ0n) is 25.9. The normalized spacial score (nSPS) is 25.3. The summed E-state index contributed by atoms with van der Waals surface area (Å²) in [4.78, 5) is 32.4. The van der Waals surface area contributed by atoms with E-state index in [4.69, 9.17) is 9.72 Å². The molecule has 3 aromatic rings. The molecule has 45 heavy (non-hydrogen) atoms. The van der Waals surface area contributed by atoms with Crippen molar-refractivity contribution in [3.05, 3.63) is 54.9 Å². The Bertz CT molecular complexity index is 1710. The number of ether oxygens (including phenoxy) is 1. The fourth-order valence-corrected chi connectivity index (χ4v) is 8.11. The largest absolute Gasteiger partial charge is 0.378 e. The van der Waals surface area contributed by atoms with Gasteiger partial charge in [-0.05, 0) is 61.4 Å². The highest BCUT2D eigenvalue weighted by atomic mass is 32.2. The average molecular weight is 638 g/mol. The Morgan fingerprint density at radius 1 is 1.16 bits per heavy atom. The van der Waals surface area contributed by atoms with Crippen LogP contribution in [0.15, 0.2) is 49.3 Å². The summed E-state index contributed by atoms with van der Waals surface area (Å²) in [6.45, 7) is 7.80. The molecule has 240 valence electrons. The van der Waals surface area contributed by atoms with E-state index in [1.165, 1.54) is 19.4 Å². The first-order valence-corrected chi connectivity index (χ1v) is 17.4. The van der Waals surface area contributed by atoms with Crippen molar-refractivity contribution < 1.29 is 22.3 Å². The molecular weight excluding hydrogens is 597 g/mol. The Hall–Kier alpha value is -3.84. The van der Waals surface area contributed by atoms with Gasteiger partial charge in [-0.2, -0.15) is 4.98 Å². The molecule has 5 heterocycles. The number of hydrogen-bond acceptors (Lipinski definition) is 10. The summed E-state index contributed by atoms with van der Waals surface area (Å²) in [6.07, 6.45) is 6.84. The van der Waals surface area contributed by atoms with E-state index in [1.807, 2.05) is 22.1 Å². The highest BCUT2D eigenvalue weighted by Gasteiger charge is 2.39. The topological polar surface area (TPSA) is 121 Å². The predicted molar refractivity (Wildman–Crippen MR) is 173 cm³/mol. The van der Waals surface area contributed by atoms with Gasteiger partial charge in [0.15, 0.2) is 0 Å². The molecule has 1 N–H and O–H groups in total. The monoisotopic (exact) mass is 637 g/mol. The molecule has 3 fully saturated rings.